The van der Waals surface area contributed by atoms with Crippen molar-refractivity contribution in [2.45, 2.75) is 0 Å². The fourth-order valence-corrected chi connectivity index (χ4v) is 1.41. The molecule has 0 fully saturated rings. The highest BCUT2D eigenvalue weighted by molar-refractivity contribution is 6.56. The molecule has 74 valence electrons. The molecular formula is C8H10BClN2O2. The Kier molecular flexibility index (Phi) is 3.52. The maximum atomic E-state index is 8.96. The Morgan fingerprint density at radius 2 is 2.14 bits per heavy atom. The number of hydrogen-bond donors (Lipinski definition) is 4. The topological polar surface area (TPSA) is 76.3 Å². The second-order valence-electron chi connectivity index (χ2n) is 2.74. The Morgan fingerprint density at radius 3 is 2.64 bits per heavy atom. The van der Waals surface area contributed by atoms with Crippen molar-refractivity contribution in [3.8, 4) is 0 Å². The van der Waals surface area contributed by atoms with Crippen molar-refractivity contribution in [2.24, 2.45) is 0 Å². The van der Waals surface area contributed by atoms with Gasteiger partial charge in [0.05, 0.1) is 10.7 Å². The molecule has 0 saturated heterocycles. The molecule has 0 heterocycles. The van der Waals surface area contributed by atoms with Crippen molar-refractivity contribution in [2.75, 3.05) is 7.05 Å². The van der Waals surface area contributed by atoms with E-state index in [0.717, 1.165) is 0 Å². The van der Waals surface area contributed by atoms with Gasteiger partial charge in [-0.25, -0.2) is 0 Å². The third kappa shape index (κ3) is 2.06. The lowest BCUT2D eigenvalue weighted by atomic mass is 9.75. The van der Waals surface area contributed by atoms with Crippen molar-refractivity contribution in [3.05, 3.63) is 34.4 Å². The Labute approximate surface area is 87.2 Å². The Bertz CT molecular complexity index is 347. The summed E-state index contributed by atoms with van der Waals surface area (Å²) in [4.78, 5) is 0. The smallest absolute Gasteiger partial charge is 0.423 e. The molecule has 0 aromatic carbocycles. The summed E-state index contributed by atoms with van der Waals surface area (Å²) in [5.41, 5.74) is 0.873. The molecule has 0 atom stereocenters. The molecule has 0 aliphatic heterocycles. The van der Waals surface area contributed by atoms with Crippen LogP contribution in [0.4, 0.5) is 0 Å². The molecule has 4 N–H and O–H groups in total. The zero-order valence-electron chi connectivity index (χ0n) is 7.58. The molecule has 0 amide bonds. The first kappa shape index (κ1) is 11.0. The van der Waals surface area contributed by atoms with Gasteiger partial charge >= 0.3 is 7.12 Å². The van der Waals surface area contributed by atoms with Gasteiger partial charge in [-0.1, -0.05) is 17.7 Å². The predicted molar refractivity (Wildman–Crippen MR) is 57.1 cm³/mol. The van der Waals surface area contributed by atoms with E-state index in [9.17, 15) is 0 Å². The summed E-state index contributed by atoms with van der Waals surface area (Å²) < 4.78 is 0. The lowest BCUT2D eigenvalue weighted by Gasteiger charge is -2.14. The van der Waals surface area contributed by atoms with E-state index in [1.807, 2.05) is 0 Å². The highest BCUT2D eigenvalue weighted by atomic mass is 35.5. The lowest BCUT2D eigenvalue weighted by molar-refractivity contribution is 0.420. The van der Waals surface area contributed by atoms with Crippen molar-refractivity contribution < 1.29 is 10.0 Å². The zero-order valence-corrected chi connectivity index (χ0v) is 8.34. The second-order valence-corrected chi connectivity index (χ2v) is 3.11. The fourth-order valence-electron chi connectivity index (χ4n) is 1.09. The van der Waals surface area contributed by atoms with Crippen molar-refractivity contribution in [1.29, 1.82) is 5.41 Å². The average molecular weight is 212 g/mol. The molecule has 14 heavy (non-hydrogen) atoms. The first-order valence-electron chi connectivity index (χ1n) is 3.98. The van der Waals surface area contributed by atoms with Gasteiger partial charge in [0.2, 0.25) is 0 Å². The van der Waals surface area contributed by atoms with Gasteiger partial charge in [0.15, 0.2) is 0 Å². The van der Waals surface area contributed by atoms with E-state index in [2.05, 4.69) is 5.32 Å². The number of allylic oxidation sites excluding steroid dienone is 5. The van der Waals surface area contributed by atoms with Crippen LogP contribution >= 0.6 is 11.6 Å². The molecule has 0 saturated carbocycles. The Balaban J connectivity index is 3.15. The molecule has 1 rings (SSSR count). The van der Waals surface area contributed by atoms with Crippen LogP contribution < -0.4 is 5.32 Å². The third-order valence-corrected chi connectivity index (χ3v) is 2.20. The van der Waals surface area contributed by atoms with Crippen molar-refractivity contribution in [1.82, 2.24) is 5.32 Å². The summed E-state index contributed by atoms with van der Waals surface area (Å²) >= 11 is 5.88. The van der Waals surface area contributed by atoms with E-state index in [-0.39, 0.29) is 16.2 Å². The molecule has 1 aliphatic carbocycles. The maximum Gasteiger partial charge on any atom is 0.489 e. The standard InChI is InChI=1S/C8H10BClN2O2/c1-12-4-5-7(11)3-2-6(8(5)10)9(13)14/h2-4,11-14H,1H3/b5-4+,11-7?. The SMILES string of the molecule is CN/C=C1\C(=N)C=CC(B(O)O)=C1Cl. The van der Waals surface area contributed by atoms with E-state index in [4.69, 9.17) is 27.1 Å². The highest BCUT2D eigenvalue weighted by Crippen LogP contribution is 2.25. The molecule has 1 aliphatic rings. The van der Waals surface area contributed by atoms with Crippen LogP contribution in [0.2, 0.25) is 0 Å². The Morgan fingerprint density at radius 1 is 1.50 bits per heavy atom. The molecule has 4 nitrogen and oxygen atoms in total. The second kappa shape index (κ2) is 4.46. The Hall–Kier alpha value is -1.04. The monoisotopic (exact) mass is 212 g/mol. The highest BCUT2D eigenvalue weighted by Gasteiger charge is 2.23. The van der Waals surface area contributed by atoms with Crippen LogP contribution in [0.15, 0.2) is 34.4 Å². The normalized spacial score (nSPS) is 19.1. The first-order valence-corrected chi connectivity index (χ1v) is 4.36. The van der Waals surface area contributed by atoms with E-state index in [1.165, 1.54) is 18.4 Å². The van der Waals surface area contributed by atoms with Crippen molar-refractivity contribution >= 4 is 24.4 Å². The molecule has 0 radical (unpaired) electrons. The van der Waals surface area contributed by atoms with Gasteiger partial charge in [-0.2, -0.15) is 0 Å². The largest absolute Gasteiger partial charge is 0.489 e. The van der Waals surface area contributed by atoms with E-state index in [0.29, 0.717) is 5.57 Å². The zero-order chi connectivity index (χ0) is 10.7. The minimum absolute atomic E-state index is 0.182. The molecule has 6 heteroatoms. The van der Waals surface area contributed by atoms with Gasteiger partial charge in [-0.15, -0.1) is 0 Å². The summed E-state index contributed by atoms with van der Waals surface area (Å²) in [7, 11) is 0.0600. The van der Waals surface area contributed by atoms with Crippen LogP contribution in [0, 0.1) is 5.41 Å². The first-order chi connectivity index (χ1) is 6.57. The molecule has 0 unspecified atom stereocenters. The number of halogens is 1. The number of hydrogen-bond acceptors (Lipinski definition) is 4. The number of nitrogens with one attached hydrogen (secondary N) is 2. The van der Waals surface area contributed by atoms with Crippen LogP contribution in [0.25, 0.3) is 0 Å². The van der Waals surface area contributed by atoms with E-state index in [1.54, 1.807) is 7.05 Å². The third-order valence-electron chi connectivity index (χ3n) is 1.78. The van der Waals surface area contributed by atoms with Crippen molar-refractivity contribution in [3.63, 3.8) is 0 Å². The molecule has 0 bridgehead atoms. The van der Waals surface area contributed by atoms with Crippen LogP contribution in [0.1, 0.15) is 0 Å². The summed E-state index contributed by atoms with van der Waals surface area (Å²) in [6.45, 7) is 0. The van der Waals surface area contributed by atoms with Crippen LogP contribution in [0.5, 0.6) is 0 Å². The maximum absolute atomic E-state index is 8.96. The summed E-state index contributed by atoms with van der Waals surface area (Å²) in [5, 5.41) is 28.4. The molecule has 0 aromatic heterocycles. The minimum atomic E-state index is -1.62. The van der Waals surface area contributed by atoms with E-state index < -0.39 is 7.12 Å². The summed E-state index contributed by atoms with van der Waals surface area (Å²) in [6, 6.07) is 0. The number of rotatable bonds is 2. The summed E-state index contributed by atoms with van der Waals surface area (Å²) in [6.07, 6.45) is 4.42. The van der Waals surface area contributed by atoms with Gasteiger partial charge in [0.1, 0.15) is 0 Å². The quantitative estimate of drug-likeness (QED) is 0.493. The van der Waals surface area contributed by atoms with E-state index >= 15 is 0 Å². The van der Waals surface area contributed by atoms with Gasteiger partial charge in [0, 0.05) is 24.3 Å². The van der Waals surface area contributed by atoms with Crippen LogP contribution in [-0.4, -0.2) is 29.9 Å². The molecular weight excluding hydrogens is 202 g/mol. The predicted octanol–water partition coefficient (Wildman–Crippen LogP) is 0.184. The van der Waals surface area contributed by atoms with Gasteiger partial charge in [-0.3, -0.25) is 0 Å². The minimum Gasteiger partial charge on any atom is -0.423 e. The van der Waals surface area contributed by atoms with Gasteiger partial charge < -0.3 is 20.8 Å². The molecule has 0 spiro atoms. The van der Waals surface area contributed by atoms with Crippen LogP contribution in [-0.2, 0) is 0 Å². The average Bonchev–Trinajstić information content (AvgIpc) is 2.11. The van der Waals surface area contributed by atoms with Crippen LogP contribution in [0.3, 0.4) is 0 Å². The summed E-state index contributed by atoms with van der Waals surface area (Å²) in [5.74, 6) is 0. The van der Waals surface area contributed by atoms with Gasteiger partial charge in [0.25, 0.3) is 0 Å². The molecule has 0 aromatic rings. The lowest BCUT2D eigenvalue weighted by Crippen LogP contribution is -2.20. The van der Waals surface area contributed by atoms with Gasteiger partial charge in [-0.05, 0) is 6.08 Å². The fraction of sp³-hybridized carbons (Fsp3) is 0.125.